The van der Waals surface area contributed by atoms with Gasteiger partial charge in [0, 0.05) is 18.1 Å². The molecule has 2 rings (SSSR count). The lowest BCUT2D eigenvalue weighted by molar-refractivity contribution is -0.688. The van der Waals surface area contributed by atoms with Gasteiger partial charge in [0.15, 0.2) is 24.7 Å². The first-order valence-electron chi connectivity index (χ1n) is 12.4. The number of hydrogen-bond acceptors (Lipinski definition) is 1. The van der Waals surface area contributed by atoms with E-state index in [2.05, 4.69) is 35.8 Å². The van der Waals surface area contributed by atoms with Crippen LogP contribution in [0.4, 0.5) is 0 Å². The van der Waals surface area contributed by atoms with Gasteiger partial charge in [-0.3, -0.25) is 4.79 Å². The van der Waals surface area contributed by atoms with Gasteiger partial charge in [-0.15, -0.1) is 0 Å². The number of ketones is 1. The molecule has 0 aliphatic heterocycles. The highest BCUT2D eigenvalue weighted by atomic mass is 16.1. The molecule has 1 aromatic heterocycles. The van der Waals surface area contributed by atoms with E-state index in [1.54, 1.807) is 0 Å². The van der Waals surface area contributed by atoms with Crippen molar-refractivity contribution in [1.82, 2.24) is 0 Å². The van der Waals surface area contributed by atoms with Crippen LogP contribution in [0.5, 0.6) is 0 Å². The summed E-state index contributed by atoms with van der Waals surface area (Å²) in [4.78, 5) is 12.5. The van der Waals surface area contributed by atoms with Crippen molar-refractivity contribution in [2.75, 3.05) is 0 Å². The average Bonchev–Trinajstić information content (AvgIpc) is 2.77. The van der Waals surface area contributed by atoms with Gasteiger partial charge in [-0.1, -0.05) is 114 Å². The summed E-state index contributed by atoms with van der Waals surface area (Å²) in [5, 5.41) is 0. The van der Waals surface area contributed by atoms with E-state index in [9.17, 15) is 4.79 Å². The second kappa shape index (κ2) is 15.8. The summed E-state index contributed by atoms with van der Waals surface area (Å²) in [6, 6.07) is 14.3. The zero-order valence-electron chi connectivity index (χ0n) is 19.2. The highest BCUT2D eigenvalue weighted by Crippen LogP contribution is 2.14. The Morgan fingerprint density at radius 3 is 1.87 bits per heavy atom. The summed E-state index contributed by atoms with van der Waals surface area (Å²) in [6.07, 6.45) is 22.1. The molecule has 0 saturated heterocycles. The third-order valence-corrected chi connectivity index (χ3v) is 5.90. The van der Waals surface area contributed by atoms with Crippen molar-refractivity contribution >= 4 is 5.78 Å². The van der Waals surface area contributed by atoms with Crippen molar-refractivity contribution in [1.29, 1.82) is 0 Å². The molecule has 0 atom stereocenters. The maximum atomic E-state index is 12.5. The number of unbranched alkanes of at least 4 members (excludes halogenated alkanes) is 12. The normalized spacial score (nSPS) is 11.0. The molecule has 2 nitrogen and oxygen atoms in total. The fourth-order valence-corrected chi connectivity index (χ4v) is 4.03. The molecule has 30 heavy (non-hydrogen) atoms. The van der Waals surface area contributed by atoms with Crippen LogP contribution in [0.1, 0.15) is 113 Å². The van der Waals surface area contributed by atoms with Crippen LogP contribution in [-0.2, 0) is 6.54 Å². The zero-order chi connectivity index (χ0) is 21.3. The van der Waals surface area contributed by atoms with Crippen LogP contribution in [0, 0.1) is 0 Å². The molecule has 0 bridgehead atoms. The van der Waals surface area contributed by atoms with Crippen LogP contribution in [0.25, 0.3) is 0 Å². The van der Waals surface area contributed by atoms with Crippen LogP contribution < -0.4 is 4.57 Å². The minimum absolute atomic E-state index is 0.278. The number of Topliss-reactive ketones (excluding diaryl/α,β-unsaturated/α-hetero) is 1. The molecular formula is C28H42NO+. The fraction of sp³-hybridized carbons (Fsp3) is 0.571. The molecule has 0 saturated carbocycles. The molecule has 0 aliphatic carbocycles. The first kappa shape index (κ1) is 24.3. The molecule has 1 heterocycles. The summed E-state index contributed by atoms with van der Waals surface area (Å²) < 4.78 is 2.10. The molecule has 0 spiro atoms. The van der Waals surface area contributed by atoms with Crippen molar-refractivity contribution in [2.24, 2.45) is 0 Å². The molecular weight excluding hydrogens is 366 g/mol. The lowest BCUT2D eigenvalue weighted by Gasteiger charge is -2.04. The van der Waals surface area contributed by atoms with E-state index < -0.39 is 0 Å². The lowest BCUT2D eigenvalue weighted by atomic mass is 10.0. The number of carbonyl (C=O) groups is 1. The average molecular weight is 409 g/mol. The van der Waals surface area contributed by atoms with E-state index in [0.717, 1.165) is 18.5 Å². The van der Waals surface area contributed by atoms with Gasteiger partial charge in [-0.05, 0) is 12.5 Å². The molecule has 2 aromatic rings. The van der Waals surface area contributed by atoms with Gasteiger partial charge in [0.25, 0.3) is 0 Å². The number of pyridine rings is 1. The van der Waals surface area contributed by atoms with Crippen molar-refractivity contribution < 1.29 is 9.36 Å². The monoisotopic (exact) mass is 408 g/mol. The van der Waals surface area contributed by atoms with Crippen molar-refractivity contribution in [3.05, 3.63) is 66.0 Å². The number of nitrogens with zero attached hydrogens (tertiary/aromatic N) is 1. The number of benzene rings is 1. The zero-order valence-corrected chi connectivity index (χ0v) is 19.2. The van der Waals surface area contributed by atoms with Gasteiger partial charge >= 0.3 is 0 Å². The van der Waals surface area contributed by atoms with Gasteiger partial charge in [0.1, 0.15) is 0 Å². The van der Waals surface area contributed by atoms with E-state index >= 15 is 0 Å². The predicted octanol–water partition coefficient (Wildman–Crippen LogP) is 7.69. The molecule has 0 unspecified atom stereocenters. The largest absolute Gasteiger partial charge is 0.294 e. The predicted molar refractivity (Wildman–Crippen MR) is 127 cm³/mol. The summed E-state index contributed by atoms with van der Waals surface area (Å²) in [7, 11) is 0. The number of rotatable bonds is 17. The highest BCUT2D eigenvalue weighted by molar-refractivity contribution is 5.95. The van der Waals surface area contributed by atoms with Crippen LogP contribution in [0.2, 0.25) is 0 Å². The molecule has 0 radical (unpaired) electrons. The molecule has 1 aromatic carbocycles. The Morgan fingerprint density at radius 2 is 1.27 bits per heavy atom. The topological polar surface area (TPSA) is 20.9 Å². The van der Waals surface area contributed by atoms with Gasteiger partial charge in [0.05, 0.1) is 5.56 Å². The van der Waals surface area contributed by atoms with E-state index in [-0.39, 0.29) is 5.78 Å². The molecule has 0 aliphatic rings. The van der Waals surface area contributed by atoms with Crippen LogP contribution in [0.15, 0.2) is 54.9 Å². The van der Waals surface area contributed by atoms with Crippen LogP contribution in [-0.4, -0.2) is 5.78 Å². The summed E-state index contributed by atoms with van der Waals surface area (Å²) in [6.45, 7) is 3.08. The van der Waals surface area contributed by atoms with Gasteiger partial charge in [-0.25, -0.2) is 4.57 Å². The third kappa shape index (κ3) is 10.7. The number of hydrogen-bond donors (Lipinski definition) is 0. The van der Waals surface area contributed by atoms with Crippen molar-refractivity contribution in [2.45, 2.75) is 103 Å². The maximum Gasteiger partial charge on any atom is 0.179 e. The highest BCUT2D eigenvalue weighted by Gasteiger charge is 2.11. The lowest BCUT2D eigenvalue weighted by Crippen LogP contribution is -2.34. The van der Waals surface area contributed by atoms with E-state index in [4.69, 9.17) is 0 Å². The maximum absolute atomic E-state index is 12.5. The minimum atomic E-state index is 0.278. The Labute approximate surface area is 184 Å². The minimum Gasteiger partial charge on any atom is -0.294 e. The first-order valence-corrected chi connectivity index (χ1v) is 12.4. The van der Waals surface area contributed by atoms with Gasteiger partial charge in [0.2, 0.25) is 0 Å². The second-order valence-corrected chi connectivity index (χ2v) is 8.67. The molecule has 0 fully saturated rings. The third-order valence-electron chi connectivity index (χ3n) is 5.90. The van der Waals surface area contributed by atoms with Crippen molar-refractivity contribution in [3.8, 4) is 0 Å². The Bertz CT molecular complexity index is 695. The standard InChI is InChI=1S/C28H42NO/c1-2-3-4-5-6-7-8-9-10-11-12-13-17-22-28(30)27-21-18-23-29(25-27)24-26-19-15-14-16-20-26/h14-16,18-21,23,25H,2-13,17,22,24H2,1H3/q+1. The molecule has 0 N–H and O–H groups in total. The Balaban J connectivity index is 1.51. The Hall–Kier alpha value is -1.96. The molecule has 0 amide bonds. The first-order chi connectivity index (χ1) is 14.8. The fourth-order valence-electron chi connectivity index (χ4n) is 4.03. The molecule has 2 heteroatoms. The summed E-state index contributed by atoms with van der Waals surface area (Å²) in [5.74, 6) is 0.278. The van der Waals surface area contributed by atoms with Crippen LogP contribution in [0.3, 0.4) is 0 Å². The SMILES string of the molecule is CCCCCCCCCCCCCCCC(=O)c1ccc[n+](Cc2ccccc2)c1. The smallest absolute Gasteiger partial charge is 0.179 e. The van der Waals surface area contributed by atoms with Gasteiger partial charge in [-0.2, -0.15) is 0 Å². The second-order valence-electron chi connectivity index (χ2n) is 8.67. The molecule has 164 valence electrons. The van der Waals surface area contributed by atoms with E-state index in [1.807, 2.05) is 30.6 Å². The van der Waals surface area contributed by atoms with E-state index in [0.29, 0.717) is 6.42 Å². The quantitative estimate of drug-likeness (QED) is 0.149. The number of aromatic nitrogens is 1. The van der Waals surface area contributed by atoms with Gasteiger partial charge < -0.3 is 0 Å². The summed E-state index contributed by atoms with van der Waals surface area (Å²) in [5.41, 5.74) is 2.09. The van der Waals surface area contributed by atoms with Crippen molar-refractivity contribution in [3.63, 3.8) is 0 Å². The Morgan fingerprint density at radius 1 is 0.700 bits per heavy atom. The number of carbonyl (C=O) groups excluding carboxylic acids is 1. The van der Waals surface area contributed by atoms with Crippen LogP contribution >= 0.6 is 0 Å². The van der Waals surface area contributed by atoms with E-state index in [1.165, 1.54) is 82.6 Å². The summed E-state index contributed by atoms with van der Waals surface area (Å²) >= 11 is 0. The Kier molecular flexibility index (Phi) is 12.8.